The van der Waals surface area contributed by atoms with Crippen LogP contribution in [0.5, 0.6) is 5.75 Å². The molecule has 3 aromatic rings. The van der Waals surface area contributed by atoms with Crippen LogP contribution in [0.4, 0.5) is 0 Å². The summed E-state index contributed by atoms with van der Waals surface area (Å²) in [6.45, 7) is 11.0. The van der Waals surface area contributed by atoms with Crippen LogP contribution in [-0.2, 0) is 11.2 Å². The molecule has 0 saturated carbocycles. The number of amides is 2. The molecule has 0 bridgehead atoms. The summed E-state index contributed by atoms with van der Waals surface area (Å²) in [5, 5.41) is 2.09. The molecule has 35 heavy (non-hydrogen) atoms. The van der Waals surface area contributed by atoms with Gasteiger partial charge < -0.3 is 14.5 Å². The molecule has 0 radical (unpaired) electrons. The van der Waals surface area contributed by atoms with Gasteiger partial charge in [0.1, 0.15) is 18.9 Å². The number of carbonyl (C=O) groups excluding carboxylic acids is 2. The highest BCUT2D eigenvalue weighted by atomic mass is 32.1. The maximum Gasteiger partial charge on any atom is 0.254 e. The van der Waals surface area contributed by atoms with Crippen molar-refractivity contribution in [3.8, 4) is 5.75 Å². The highest BCUT2D eigenvalue weighted by Gasteiger charge is 2.36. The molecule has 5 nitrogen and oxygen atoms in total. The summed E-state index contributed by atoms with van der Waals surface area (Å²) in [5.74, 6) is 0.638. The molecule has 1 atom stereocenters. The number of ether oxygens (including phenoxy) is 1. The van der Waals surface area contributed by atoms with E-state index >= 15 is 0 Å². The number of nitrogens with zero attached hydrogens (tertiary/aromatic N) is 2. The number of fused-ring (bicyclic) bond motifs is 1. The Kier molecular flexibility index (Phi) is 7.31. The summed E-state index contributed by atoms with van der Waals surface area (Å²) in [4.78, 5) is 32.0. The lowest BCUT2D eigenvalue weighted by atomic mass is 9.99. The Balaban J connectivity index is 1.57. The van der Waals surface area contributed by atoms with Gasteiger partial charge in [0.05, 0.1) is 6.04 Å². The topological polar surface area (TPSA) is 49.9 Å². The Morgan fingerprint density at radius 2 is 1.83 bits per heavy atom. The Labute approximate surface area is 212 Å². The largest absolute Gasteiger partial charge is 0.491 e. The van der Waals surface area contributed by atoms with Crippen molar-refractivity contribution >= 4 is 23.2 Å². The average Bonchev–Trinajstić information content (AvgIpc) is 3.30. The van der Waals surface area contributed by atoms with Gasteiger partial charge in [-0.15, -0.1) is 11.3 Å². The Bertz CT molecular complexity index is 1200. The van der Waals surface area contributed by atoms with Gasteiger partial charge in [0, 0.05) is 22.5 Å². The van der Waals surface area contributed by atoms with Crippen LogP contribution in [-0.4, -0.2) is 46.8 Å². The van der Waals surface area contributed by atoms with Crippen molar-refractivity contribution < 1.29 is 14.3 Å². The molecule has 0 saturated heterocycles. The fraction of sp³-hybridized carbons (Fsp3) is 0.379. The average molecular weight is 491 g/mol. The highest BCUT2D eigenvalue weighted by molar-refractivity contribution is 7.10. The third-order valence-corrected chi connectivity index (χ3v) is 7.51. The van der Waals surface area contributed by atoms with Gasteiger partial charge in [-0.2, -0.15) is 0 Å². The molecule has 0 fully saturated rings. The maximum absolute atomic E-state index is 13.7. The summed E-state index contributed by atoms with van der Waals surface area (Å²) in [5.41, 5.74) is 3.50. The van der Waals surface area contributed by atoms with E-state index in [1.54, 1.807) is 28.4 Å². The first-order chi connectivity index (χ1) is 16.6. The quantitative estimate of drug-likeness (QED) is 0.438. The molecule has 0 N–H and O–H groups in total. The van der Waals surface area contributed by atoms with Gasteiger partial charge in [0.15, 0.2) is 0 Å². The lowest BCUT2D eigenvalue weighted by Crippen LogP contribution is -2.53. The zero-order chi connectivity index (χ0) is 25.2. The number of rotatable bonds is 6. The monoisotopic (exact) mass is 490 g/mol. The molecule has 1 aliphatic heterocycles. The van der Waals surface area contributed by atoms with Crippen molar-refractivity contribution in [3.05, 3.63) is 87.1 Å². The first-order valence-corrected chi connectivity index (χ1v) is 13.0. The first-order valence-electron chi connectivity index (χ1n) is 12.1. The SMILES string of the molecule is Cc1ccc(OC[C@H]2c3ccsc3CCN2C(=O)CN(C(=O)c2ccccc2)C(C)(C)C)c(C)c1. The predicted octanol–water partition coefficient (Wildman–Crippen LogP) is 5.81. The van der Waals surface area contributed by atoms with E-state index in [2.05, 4.69) is 24.4 Å². The van der Waals surface area contributed by atoms with E-state index in [1.807, 2.05) is 62.9 Å². The molecule has 0 spiro atoms. The van der Waals surface area contributed by atoms with Crippen molar-refractivity contribution in [2.75, 3.05) is 19.7 Å². The molecular formula is C29H34N2O3S. The number of benzene rings is 2. The fourth-order valence-electron chi connectivity index (χ4n) is 4.58. The molecule has 0 aliphatic carbocycles. The summed E-state index contributed by atoms with van der Waals surface area (Å²) in [6.07, 6.45) is 0.820. The molecule has 184 valence electrons. The van der Waals surface area contributed by atoms with E-state index < -0.39 is 5.54 Å². The number of thiophene rings is 1. The summed E-state index contributed by atoms with van der Waals surface area (Å²) >= 11 is 1.73. The summed E-state index contributed by atoms with van der Waals surface area (Å²) in [7, 11) is 0. The third-order valence-electron chi connectivity index (χ3n) is 6.51. The highest BCUT2D eigenvalue weighted by Crippen LogP contribution is 2.34. The van der Waals surface area contributed by atoms with E-state index in [-0.39, 0.29) is 24.4 Å². The zero-order valence-electron chi connectivity index (χ0n) is 21.2. The van der Waals surface area contributed by atoms with Crippen LogP contribution in [0.1, 0.15) is 58.7 Å². The molecule has 2 amide bonds. The second kappa shape index (κ2) is 10.2. The summed E-state index contributed by atoms with van der Waals surface area (Å²) < 4.78 is 6.26. The molecule has 1 aliphatic rings. The van der Waals surface area contributed by atoms with Gasteiger partial charge in [-0.1, -0.05) is 35.9 Å². The molecule has 0 unspecified atom stereocenters. The van der Waals surface area contributed by atoms with E-state index in [4.69, 9.17) is 4.74 Å². The van der Waals surface area contributed by atoms with Crippen molar-refractivity contribution in [1.82, 2.24) is 9.80 Å². The van der Waals surface area contributed by atoms with Crippen LogP contribution in [0.3, 0.4) is 0 Å². The lowest BCUT2D eigenvalue weighted by molar-refractivity contribution is -0.136. The minimum Gasteiger partial charge on any atom is -0.491 e. The van der Waals surface area contributed by atoms with Crippen LogP contribution in [0.15, 0.2) is 60.0 Å². The van der Waals surface area contributed by atoms with E-state index in [0.29, 0.717) is 18.7 Å². The normalized spacial score (nSPS) is 15.5. The predicted molar refractivity (Wildman–Crippen MR) is 141 cm³/mol. The molecule has 4 rings (SSSR count). The summed E-state index contributed by atoms with van der Waals surface area (Å²) in [6, 6.07) is 17.2. The van der Waals surface area contributed by atoms with Gasteiger partial charge in [0.25, 0.3) is 5.91 Å². The van der Waals surface area contributed by atoms with Gasteiger partial charge >= 0.3 is 0 Å². The Morgan fingerprint density at radius 1 is 1.09 bits per heavy atom. The molecule has 2 aromatic carbocycles. The van der Waals surface area contributed by atoms with Gasteiger partial charge in [-0.05, 0) is 81.8 Å². The number of hydrogen-bond acceptors (Lipinski definition) is 4. The Hall–Kier alpha value is -3.12. The Morgan fingerprint density at radius 3 is 2.51 bits per heavy atom. The van der Waals surface area contributed by atoms with Crippen molar-refractivity contribution in [1.29, 1.82) is 0 Å². The van der Waals surface area contributed by atoms with Crippen molar-refractivity contribution in [3.63, 3.8) is 0 Å². The molecule has 1 aromatic heterocycles. The maximum atomic E-state index is 13.7. The third kappa shape index (κ3) is 5.59. The standard InChI is InChI=1S/C29H34N2O3S/c1-20-11-12-25(21(2)17-20)34-19-24-23-14-16-35-26(23)13-15-30(24)27(32)18-31(29(3,4)5)28(33)22-9-7-6-8-10-22/h6-12,14,16-17,24H,13,15,18-19H2,1-5H3/t24-/m0/s1. The molecule has 6 heteroatoms. The van der Waals surface area contributed by atoms with E-state index in [0.717, 1.165) is 23.3 Å². The fourth-order valence-corrected chi connectivity index (χ4v) is 5.51. The van der Waals surface area contributed by atoms with Crippen LogP contribution in [0.2, 0.25) is 0 Å². The second-order valence-electron chi connectivity index (χ2n) is 10.2. The van der Waals surface area contributed by atoms with Crippen LogP contribution in [0.25, 0.3) is 0 Å². The molecular weight excluding hydrogens is 456 g/mol. The minimum atomic E-state index is -0.503. The van der Waals surface area contributed by atoms with Crippen LogP contribution < -0.4 is 4.74 Å². The van der Waals surface area contributed by atoms with Crippen LogP contribution >= 0.6 is 11.3 Å². The van der Waals surface area contributed by atoms with E-state index in [9.17, 15) is 9.59 Å². The van der Waals surface area contributed by atoms with Gasteiger partial charge in [-0.25, -0.2) is 0 Å². The molecule has 2 heterocycles. The van der Waals surface area contributed by atoms with Crippen LogP contribution in [0, 0.1) is 13.8 Å². The van der Waals surface area contributed by atoms with Crippen molar-refractivity contribution in [2.45, 2.75) is 52.6 Å². The second-order valence-corrected chi connectivity index (χ2v) is 11.2. The lowest BCUT2D eigenvalue weighted by Gasteiger charge is -2.40. The smallest absolute Gasteiger partial charge is 0.254 e. The number of carbonyl (C=O) groups is 2. The number of aryl methyl sites for hydroxylation is 2. The van der Waals surface area contributed by atoms with Gasteiger partial charge in [0.2, 0.25) is 5.91 Å². The number of hydrogen-bond donors (Lipinski definition) is 0. The first kappa shape index (κ1) is 25.0. The van der Waals surface area contributed by atoms with Crippen molar-refractivity contribution in [2.24, 2.45) is 0 Å². The zero-order valence-corrected chi connectivity index (χ0v) is 22.0. The van der Waals surface area contributed by atoms with Gasteiger partial charge in [-0.3, -0.25) is 9.59 Å². The van der Waals surface area contributed by atoms with E-state index in [1.165, 1.54) is 10.4 Å². The minimum absolute atomic E-state index is 0.0246.